The molecule has 1 aliphatic rings. The molecule has 0 aromatic carbocycles. The summed E-state index contributed by atoms with van der Waals surface area (Å²) in [5.74, 6) is 1.21. The molecule has 2 aromatic rings. The summed E-state index contributed by atoms with van der Waals surface area (Å²) < 4.78 is 0. The fraction of sp³-hybridized carbons (Fsp3) is 0.556. The highest BCUT2D eigenvalue weighted by Gasteiger charge is 2.32. The fourth-order valence-electron chi connectivity index (χ4n) is 3.27. The Balaban J connectivity index is 1.94. The van der Waals surface area contributed by atoms with Crippen molar-refractivity contribution in [2.75, 3.05) is 13.1 Å². The normalized spacial score (nSPS) is 19.1. The van der Waals surface area contributed by atoms with Crippen molar-refractivity contribution in [2.24, 2.45) is 5.41 Å². The van der Waals surface area contributed by atoms with Crippen molar-refractivity contribution in [1.29, 1.82) is 0 Å². The Kier molecular flexibility index (Phi) is 4.04. The predicted octanol–water partition coefficient (Wildman–Crippen LogP) is 3.09. The third-order valence-corrected chi connectivity index (χ3v) is 4.35. The third kappa shape index (κ3) is 3.19. The van der Waals surface area contributed by atoms with Crippen LogP contribution in [0.4, 0.5) is 0 Å². The van der Waals surface area contributed by atoms with Crippen LogP contribution in [0.3, 0.4) is 0 Å². The van der Waals surface area contributed by atoms with Crippen LogP contribution in [0.25, 0.3) is 11.0 Å². The van der Waals surface area contributed by atoms with Crippen LogP contribution in [0.5, 0.6) is 0 Å². The second-order valence-electron chi connectivity index (χ2n) is 7.37. The topological polar surface area (TPSA) is 59.0 Å². The minimum Gasteiger partial charge on any atom is -0.342 e. The molecule has 0 saturated carbocycles. The molecule has 5 nitrogen and oxygen atoms in total. The van der Waals surface area contributed by atoms with Gasteiger partial charge in [-0.1, -0.05) is 20.8 Å². The molecule has 5 heteroatoms. The summed E-state index contributed by atoms with van der Waals surface area (Å²) in [6, 6.07) is 3.95. The lowest BCUT2D eigenvalue weighted by atomic mass is 9.89. The zero-order valence-electron chi connectivity index (χ0n) is 14.3. The van der Waals surface area contributed by atoms with Gasteiger partial charge >= 0.3 is 0 Å². The Labute approximate surface area is 137 Å². The maximum absolute atomic E-state index is 12.6. The first-order chi connectivity index (χ1) is 10.9. The van der Waals surface area contributed by atoms with E-state index in [9.17, 15) is 4.79 Å². The van der Waals surface area contributed by atoms with Gasteiger partial charge in [0, 0.05) is 36.0 Å². The molecular formula is C18H24N4O. The number of piperidine rings is 1. The number of rotatable bonds is 1. The van der Waals surface area contributed by atoms with Gasteiger partial charge in [-0.05, 0) is 31.9 Å². The molecular weight excluding hydrogens is 288 g/mol. The second kappa shape index (κ2) is 5.87. The first kappa shape index (κ1) is 15.8. The molecule has 0 spiro atoms. The van der Waals surface area contributed by atoms with Crippen molar-refractivity contribution >= 4 is 16.9 Å². The van der Waals surface area contributed by atoms with E-state index in [1.165, 1.54) is 0 Å². The Hall–Kier alpha value is -2.04. The largest absolute Gasteiger partial charge is 0.342 e. The van der Waals surface area contributed by atoms with E-state index < -0.39 is 0 Å². The number of aryl methyl sites for hydroxylation is 1. The van der Waals surface area contributed by atoms with Crippen LogP contribution in [0.1, 0.15) is 51.0 Å². The molecule has 1 amide bonds. The first-order valence-corrected chi connectivity index (χ1v) is 8.25. The molecule has 3 heterocycles. The highest BCUT2D eigenvalue weighted by atomic mass is 16.2. The highest BCUT2D eigenvalue weighted by molar-refractivity contribution is 5.82. The molecule has 0 N–H and O–H groups in total. The fourth-order valence-corrected chi connectivity index (χ4v) is 3.27. The summed E-state index contributed by atoms with van der Waals surface area (Å²) >= 11 is 0. The molecule has 1 fully saturated rings. The molecule has 2 aromatic heterocycles. The Bertz CT molecular complexity index is 735. The van der Waals surface area contributed by atoms with Crippen LogP contribution >= 0.6 is 0 Å². The summed E-state index contributed by atoms with van der Waals surface area (Å²) in [4.78, 5) is 28.1. The van der Waals surface area contributed by atoms with E-state index in [0.717, 1.165) is 48.5 Å². The molecule has 3 rings (SSSR count). The van der Waals surface area contributed by atoms with E-state index in [4.69, 9.17) is 4.98 Å². The number of pyridine rings is 1. The van der Waals surface area contributed by atoms with Crippen molar-refractivity contribution in [3.63, 3.8) is 0 Å². The smallest absolute Gasteiger partial charge is 0.227 e. The van der Waals surface area contributed by atoms with Crippen LogP contribution in [-0.4, -0.2) is 38.8 Å². The summed E-state index contributed by atoms with van der Waals surface area (Å²) in [5, 5.41) is 1.01. The zero-order chi connectivity index (χ0) is 16.6. The Morgan fingerprint density at radius 2 is 2.09 bits per heavy atom. The lowest BCUT2D eigenvalue weighted by Crippen LogP contribution is -2.44. The average molecular weight is 312 g/mol. The number of amides is 1. The van der Waals surface area contributed by atoms with Crippen molar-refractivity contribution < 1.29 is 4.79 Å². The molecule has 0 radical (unpaired) electrons. The number of likely N-dealkylation sites (tertiary alicyclic amines) is 1. The lowest BCUT2D eigenvalue weighted by Gasteiger charge is -2.36. The minimum atomic E-state index is -0.340. The molecule has 0 aliphatic carbocycles. The predicted molar refractivity (Wildman–Crippen MR) is 90.1 cm³/mol. The maximum atomic E-state index is 12.6. The second-order valence-corrected chi connectivity index (χ2v) is 7.37. The first-order valence-electron chi connectivity index (χ1n) is 8.25. The van der Waals surface area contributed by atoms with Crippen LogP contribution in [-0.2, 0) is 4.79 Å². The van der Waals surface area contributed by atoms with Gasteiger partial charge in [0.15, 0.2) is 5.65 Å². The molecule has 1 saturated heterocycles. The molecule has 122 valence electrons. The van der Waals surface area contributed by atoms with Gasteiger partial charge in [0.25, 0.3) is 0 Å². The third-order valence-electron chi connectivity index (χ3n) is 4.35. The maximum Gasteiger partial charge on any atom is 0.227 e. The zero-order valence-corrected chi connectivity index (χ0v) is 14.3. The lowest BCUT2D eigenvalue weighted by molar-refractivity contribution is -0.140. The number of hydrogen-bond donors (Lipinski definition) is 0. The van der Waals surface area contributed by atoms with Crippen molar-refractivity contribution in [3.8, 4) is 0 Å². The van der Waals surface area contributed by atoms with Crippen LogP contribution in [0, 0.1) is 12.3 Å². The number of carbonyl (C=O) groups excluding carboxylic acids is 1. The van der Waals surface area contributed by atoms with Gasteiger partial charge in [-0.15, -0.1) is 0 Å². The van der Waals surface area contributed by atoms with E-state index in [0.29, 0.717) is 0 Å². The van der Waals surface area contributed by atoms with E-state index in [1.807, 2.05) is 44.7 Å². The molecule has 0 unspecified atom stereocenters. The monoisotopic (exact) mass is 312 g/mol. The summed E-state index contributed by atoms with van der Waals surface area (Å²) in [7, 11) is 0. The number of aromatic nitrogens is 3. The number of nitrogens with zero attached hydrogens (tertiary/aromatic N) is 4. The quantitative estimate of drug-likeness (QED) is 0.812. The molecule has 23 heavy (non-hydrogen) atoms. The molecule has 1 aliphatic heterocycles. The summed E-state index contributed by atoms with van der Waals surface area (Å²) in [5.41, 5.74) is 1.44. The van der Waals surface area contributed by atoms with Crippen molar-refractivity contribution in [3.05, 3.63) is 29.8 Å². The van der Waals surface area contributed by atoms with E-state index in [1.54, 1.807) is 6.20 Å². The van der Waals surface area contributed by atoms with Crippen molar-refractivity contribution in [1.82, 2.24) is 19.9 Å². The van der Waals surface area contributed by atoms with Gasteiger partial charge in [-0.3, -0.25) is 4.79 Å². The number of carbonyl (C=O) groups is 1. The SMILES string of the molecule is Cc1nc([C@@H]2CCCN(C(=O)C(C)(C)C)C2)c2cccnc2n1. The van der Waals surface area contributed by atoms with E-state index in [-0.39, 0.29) is 17.2 Å². The van der Waals surface area contributed by atoms with Gasteiger partial charge in [-0.25, -0.2) is 15.0 Å². The summed E-state index contributed by atoms with van der Waals surface area (Å²) in [6.45, 7) is 9.41. The van der Waals surface area contributed by atoms with Crippen LogP contribution < -0.4 is 0 Å². The van der Waals surface area contributed by atoms with Gasteiger partial charge < -0.3 is 4.90 Å². The van der Waals surface area contributed by atoms with E-state index >= 15 is 0 Å². The van der Waals surface area contributed by atoms with Gasteiger partial charge in [0.2, 0.25) is 5.91 Å². The van der Waals surface area contributed by atoms with Crippen molar-refractivity contribution in [2.45, 2.75) is 46.5 Å². The Morgan fingerprint density at radius 1 is 1.30 bits per heavy atom. The standard InChI is InChI=1S/C18H24N4O/c1-12-20-15(14-8-5-9-19-16(14)21-12)13-7-6-10-22(11-13)17(23)18(2,3)4/h5,8-9,13H,6-7,10-11H2,1-4H3/t13-/m1/s1. The van der Waals surface area contributed by atoms with Gasteiger partial charge in [0.05, 0.1) is 5.69 Å². The Morgan fingerprint density at radius 3 is 2.83 bits per heavy atom. The highest BCUT2D eigenvalue weighted by Crippen LogP contribution is 2.31. The summed E-state index contributed by atoms with van der Waals surface area (Å²) in [6.07, 6.45) is 3.82. The number of fused-ring (bicyclic) bond motifs is 1. The van der Waals surface area contributed by atoms with Crippen LogP contribution in [0.15, 0.2) is 18.3 Å². The molecule has 0 bridgehead atoms. The minimum absolute atomic E-state index is 0.218. The van der Waals surface area contributed by atoms with Gasteiger partial charge in [-0.2, -0.15) is 0 Å². The molecule has 1 atom stereocenters. The van der Waals surface area contributed by atoms with Crippen LogP contribution in [0.2, 0.25) is 0 Å². The van der Waals surface area contributed by atoms with Gasteiger partial charge in [0.1, 0.15) is 5.82 Å². The average Bonchev–Trinajstić information content (AvgIpc) is 2.52. The van der Waals surface area contributed by atoms with E-state index in [2.05, 4.69) is 9.97 Å². The number of hydrogen-bond acceptors (Lipinski definition) is 4.